The zero-order chi connectivity index (χ0) is 15.9. The van der Waals surface area contributed by atoms with Crippen LogP contribution in [-0.2, 0) is 4.79 Å². The molecular weight excluding hydrogens is 353 g/mol. The maximum Gasteiger partial charge on any atom is 0.270 e. The van der Waals surface area contributed by atoms with Crippen molar-refractivity contribution < 1.29 is 14.0 Å². The quantitative estimate of drug-likeness (QED) is 0.729. The van der Waals surface area contributed by atoms with E-state index in [-0.39, 0.29) is 6.54 Å². The summed E-state index contributed by atoms with van der Waals surface area (Å²) in [5, 5.41) is 2.75. The van der Waals surface area contributed by atoms with E-state index in [1.165, 1.54) is 18.2 Å². The van der Waals surface area contributed by atoms with E-state index in [1.54, 1.807) is 30.3 Å². The number of halogens is 2. The van der Waals surface area contributed by atoms with Gasteiger partial charge in [-0.15, -0.1) is 0 Å². The molecule has 0 atom stereocenters. The molecule has 0 fully saturated rings. The maximum atomic E-state index is 13.0. The molecule has 0 aromatic heterocycles. The summed E-state index contributed by atoms with van der Waals surface area (Å²) in [7, 11) is 0. The molecule has 0 radical (unpaired) electrons. The third-order valence-electron chi connectivity index (χ3n) is 2.71. The highest BCUT2D eigenvalue weighted by Gasteiger charge is 2.10. The van der Waals surface area contributed by atoms with Crippen molar-refractivity contribution in [2.45, 2.75) is 0 Å². The minimum Gasteiger partial charge on any atom is -0.376 e. The van der Waals surface area contributed by atoms with E-state index in [0.29, 0.717) is 15.7 Å². The summed E-state index contributed by atoms with van der Waals surface area (Å²) in [6.07, 6.45) is 0. The monoisotopic (exact) mass is 365 g/mol. The number of carbonyl (C=O) groups excluding carboxylic acids is 2. The lowest BCUT2D eigenvalue weighted by atomic mass is 10.2. The molecule has 114 valence electrons. The van der Waals surface area contributed by atoms with E-state index in [4.69, 9.17) is 0 Å². The van der Waals surface area contributed by atoms with Crippen LogP contribution in [0.2, 0.25) is 0 Å². The van der Waals surface area contributed by atoms with Crippen LogP contribution in [0.3, 0.4) is 0 Å². The second-order valence-electron chi connectivity index (χ2n) is 4.35. The molecule has 5 nitrogen and oxygen atoms in total. The van der Waals surface area contributed by atoms with Crippen LogP contribution in [0, 0.1) is 5.82 Å². The van der Waals surface area contributed by atoms with Gasteiger partial charge in [-0.3, -0.25) is 20.4 Å². The zero-order valence-corrected chi connectivity index (χ0v) is 13.0. The third kappa shape index (κ3) is 4.56. The van der Waals surface area contributed by atoms with Crippen LogP contribution in [0.25, 0.3) is 0 Å². The molecule has 2 aromatic rings. The first kappa shape index (κ1) is 16.0. The summed E-state index contributed by atoms with van der Waals surface area (Å²) in [5.74, 6) is -1.29. The second-order valence-corrected chi connectivity index (χ2v) is 5.20. The van der Waals surface area contributed by atoms with Gasteiger partial charge in [-0.1, -0.05) is 18.2 Å². The van der Waals surface area contributed by atoms with Gasteiger partial charge in [-0.05, 0) is 46.3 Å². The van der Waals surface area contributed by atoms with Crippen molar-refractivity contribution in [3.05, 3.63) is 64.4 Å². The fourth-order valence-electron chi connectivity index (χ4n) is 1.66. The van der Waals surface area contributed by atoms with Gasteiger partial charge in [0.05, 0.1) is 12.1 Å². The van der Waals surface area contributed by atoms with Crippen molar-refractivity contribution in [1.29, 1.82) is 0 Å². The Balaban J connectivity index is 1.81. The summed E-state index contributed by atoms with van der Waals surface area (Å²) in [4.78, 5) is 23.5. The summed E-state index contributed by atoms with van der Waals surface area (Å²) in [6, 6.07) is 12.6. The van der Waals surface area contributed by atoms with Gasteiger partial charge in [-0.25, -0.2) is 4.39 Å². The van der Waals surface area contributed by atoms with Crippen LogP contribution >= 0.6 is 15.9 Å². The molecule has 0 saturated heterocycles. The lowest BCUT2D eigenvalue weighted by Gasteiger charge is -2.10. The molecule has 3 N–H and O–H groups in total. The summed E-state index contributed by atoms with van der Waals surface area (Å²) in [6.45, 7) is -0.0975. The van der Waals surface area contributed by atoms with Crippen molar-refractivity contribution in [3.63, 3.8) is 0 Å². The normalized spacial score (nSPS) is 9.91. The third-order valence-corrected chi connectivity index (χ3v) is 3.40. The van der Waals surface area contributed by atoms with Crippen LogP contribution in [0.1, 0.15) is 10.4 Å². The average molecular weight is 366 g/mol. The molecule has 0 bridgehead atoms. The van der Waals surface area contributed by atoms with E-state index < -0.39 is 17.6 Å². The van der Waals surface area contributed by atoms with E-state index in [9.17, 15) is 14.0 Å². The summed E-state index contributed by atoms with van der Waals surface area (Å²) in [5.41, 5.74) is 5.46. The molecule has 7 heteroatoms. The smallest absolute Gasteiger partial charge is 0.270 e. The number of anilines is 1. The number of rotatable bonds is 4. The molecular formula is C15H13BrFN3O2. The van der Waals surface area contributed by atoms with Crippen LogP contribution in [0.5, 0.6) is 0 Å². The van der Waals surface area contributed by atoms with Crippen LogP contribution in [0.4, 0.5) is 10.1 Å². The first-order chi connectivity index (χ1) is 10.6. The minimum atomic E-state index is -0.454. The van der Waals surface area contributed by atoms with E-state index in [2.05, 4.69) is 32.1 Å². The highest BCUT2D eigenvalue weighted by atomic mass is 79.9. The van der Waals surface area contributed by atoms with Crippen molar-refractivity contribution in [2.24, 2.45) is 0 Å². The Labute approximate surface area is 135 Å². The fourth-order valence-corrected chi connectivity index (χ4v) is 2.13. The molecule has 0 aliphatic rings. The first-order valence-corrected chi connectivity index (χ1v) is 7.19. The van der Waals surface area contributed by atoms with Crippen LogP contribution < -0.4 is 16.2 Å². The SMILES string of the molecule is O=C(CNc1cccc(F)c1)NNC(=O)c1ccccc1Br. The first-order valence-electron chi connectivity index (χ1n) is 6.39. The Kier molecular flexibility index (Phi) is 5.48. The topological polar surface area (TPSA) is 70.2 Å². The average Bonchev–Trinajstić information content (AvgIpc) is 2.51. The Morgan fingerprint density at radius 2 is 1.82 bits per heavy atom. The minimum absolute atomic E-state index is 0.0975. The van der Waals surface area contributed by atoms with Crippen molar-refractivity contribution >= 4 is 33.4 Å². The van der Waals surface area contributed by atoms with Gasteiger partial charge in [0.25, 0.3) is 11.8 Å². The van der Waals surface area contributed by atoms with E-state index in [0.717, 1.165) is 0 Å². The fraction of sp³-hybridized carbons (Fsp3) is 0.0667. The maximum absolute atomic E-state index is 13.0. The summed E-state index contributed by atoms with van der Waals surface area (Å²) < 4.78 is 13.6. The lowest BCUT2D eigenvalue weighted by molar-refractivity contribution is -0.120. The van der Waals surface area contributed by atoms with Gasteiger partial charge in [0.1, 0.15) is 5.82 Å². The predicted octanol–water partition coefficient (Wildman–Crippen LogP) is 2.46. The standard InChI is InChI=1S/C15H13BrFN3O2/c16-13-7-2-1-6-12(13)15(22)20-19-14(21)9-18-11-5-3-4-10(17)8-11/h1-8,18H,9H2,(H,19,21)(H,20,22). The highest BCUT2D eigenvalue weighted by Crippen LogP contribution is 2.15. The molecule has 0 saturated carbocycles. The van der Waals surface area contributed by atoms with Gasteiger partial charge in [0, 0.05) is 10.2 Å². The van der Waals surface area contributed by atoms with Crippen LogP contribution in [-0.4, -0.2) is 18.4 Å². The van der Waals surface area contributed by atoms with Crippen molar-refractivity contribution in [2.75, 3.05) is 11.9 Å². The number of carbonyl (C=O) groups is 2. The number of amides is 2. The Morgan fingerprint density at radius 3 is 2.55 bits per heavy atom. The Morgan fingerprint density at radius 1 is 1.05 bits per heavy atom. The van der Waals surface area contributed by atoms with E-state index >= 15 is 0 Å². The number of benzene rings is 2. The molecule has 22 heavy (non-hydrogen) atoms. The highest BCUT2D eigenvalue weighted by molar-refractivity contribution is 9.10. The largest absolute Gasteiger partial charge is 0.376 e. The summed E-state index contributed by atoms with van der Waals surface area (Å²) >= 11 is 3.25. The zero-order valence-electron chi connectivity index (χ0n) is 11.4. The van der Waals surface area contributed by atoms with Crippen LogP contribution in [0.15, 0.2) is 53.0 Å². The molecule has 0 spiro atoms. The predicted molar refractivity (Wildman–Crippen MR) is 84.6 cm³/mol. The number of nitrogens with one attached hydrogen (secondary N) is 3. The molecule has 0 aliphatic heterocycles. The molecule has 2 amide bonds. The van der Waals surface area contributed by atoms with Gasteiger partial charge in [-0.2, -0.15) is 0 Å². The molecule has 0 unspecified atom stereocenters. The second kappa shape index (κ2) is 7.56. The number of hydrogen-bond donors (Lipinski definition) is 3. The molecule has 0 heterocycles. The Bertz CT molecular complexity index is 694. The number of hydrazine groups is 1. The molecule has 2 rings (SSSR count). The van der Waals surface area contributed by atoms with Gasteiger partial charge in [0.2, 0.25) is 0 Å². The van der Waals surface area contributed by atoms with E-state index in [1.807, 2.05) is 0 Å². The molecule has 2 aromatic carbocycles. The Hall–Kier alpha value is -2.41. The van der Waals surface area contributed by atoms with Crippen molar-refractivity contribution in [3.8, 4) is 0 Å². The van der Waals surface area contributed by atoms with Crippen molar-refractivity contribution in [1.82, 2.24) is 10.9 Å². The van der Waals surface area contributed by atoms with Gasteiger partial charge in [0.15, 0.2) is 0 Å². The lowest BCUT2D eigenvalue weighted by Crippen LogP contribution is -2.44. The van der Waals surface area contributed by atoms with Gasteiger partial charge < -0.3 is 5.32 Å². The van der Waals surface area contributed by atoms with Gasteiger partial charge >= 0.3 is 0 Å². The molecule has 0 aliphatic carbocycles. The number of hydrogen-bond acceptors (Lipinski definition) is 3.